The monoisotopic (exact) mass is 264 g/mol. The fourth-order valence-electron chi connectivity index (χ4n) is 0.992. The van der Waals surface area contributed by atoms with Gasteiger partial charge in [-0.25, -0.2) is 0 Å². The molecule has 1 rings (SSSR count). The first kappa shape index (κ1) is 13.3. The molecule has 0 amide bonds. The molecule has 0 fully saturated rings. The van der Waals surface area contributed by atoms with Crippen molar-refractivity contribution in [1.29, 1.82) is 0 Å². The van der Waals surface area contributed by atoms with Gasteiger partial charge in [-0.05, 0) is 30.0 Å². The number of rotatable bonds is 1. The zero-order valence-electron chi connectivity index (χ0n) is 8.36. The lowest BCUT2D eigenvalue weighted by molar-refractivity contribution is -0.0328. The third-order valence-electron chi connectivity index (χ3n) is 1.57. The fourth-order valence-corrected chi connectivity index (χ4v) is 1.89. The van der Waals surface area contributed by atoms with Crippen molar-refractivity contribution < 1.29 is 13.2 Å². The number of hydrogen-bond donors (Lipinski definition) is 0. The van der Waals surface area contributed by atoms with Crippen LogP contribution in [0.25, 0.3) is 0 Å². The van der Waals surface area contributed by atoms with E-state index >= 15 is 0 Å². The molecule has 0 aliphatic heterocycles. The van der Waals surface area contributed by atoms with Crippen LogP contribution in [0, 0.1) is 11.8 Å². The molecule has 0 aliphatic rings. The summed E-state index contributed by atoms with van der Waals surface area (Å²) in [7, 11) is 0. The van der Waals surface area contributed by atoms with Crippen molar-refractivity contribution in [3.63, 3.8) is 0 Å². The SMILES string of the molecule is CCC#Cc1ccc(Cl)cc1SC(F)(F)F. The van der Waals surface area contributed by atoms with E-state index in [0.717, 1.165) is 0 Å². The Morgan fingerprint density at radius 1 is 1.38 bits per heavy atom. The summed E-state index contributed by atoms with van der Waals surface area (Å²) in [6.45, 7) is 1.83. The maximum Gasteiger partial charge on any atom is 0.446 e. The average molecular weight is 265 g/mol. The van der Waals surface area contributed by atoms with E-state index in [1.165, 1.54) is 18.2 Å². The molecular weight excluding hydrogens is 257 g/mol. The van der Waals surface area contributed by atoms with Crippen LogP contribution in [0.4, 0.5) is 13.2 Å². The van der Waals surface area contributed by atoms with E-state index in [2.05, 4.69) is 11.8 Å². The zero-order valence-corrected chi connectivity index (χ0v) is 9.93. The van der Waals surface area contributed by atoms with E-state index in [4.69, 9.17) is 11.6 Å². The lowest BCUT2D eigenvalue weighted by atomic mass is 10.2. The van der Waals surface area contributed by atoms with Gasteiger partial charge in [0, 0.05) is 21.9 Å². The van der Waals surface area contributed by atoms with E-state index in [0.29, 0.717) is 12.0 Å². The van der Waals surface area contributed by atoms with Crippen molar-refractivity contribution in [2.45, 2.75) is 23.7 Å². The van der Waals surface area contributed by atoms with Gasteiger partial charge in [-0.1, -0.05) is 30.4 Å². The van der Waals surface area contributed by atoms with Crippen LogP contribution in [0.15, 0.2) is 23.1 Å². The van der Waals surface area contributed by atoms with Crippen molar-refractivity contribution in [3.05, 3.63) is 28.8 Å². The summed E-state index contributed by atoms with van der Waals surface area (Å²) in [6, 6.07) is 4.31. The zero-order chi connectivity index (χ0) is 12.2. The third kappa shape index (κ3) is 4.38. The maximum atomic E-state index is 12.2. The lowest BCUT2D eigenvalue weighted by Gasteiger charge is -2.07. The second-order valence-electron chi connectivity index (χ2n) is 2.84. The molecule has 1 aromatic carbocycles. The van der Waals surface area contributed by atoms with Crippen molar-refractivity contribution in [3.8, 4) is 11.8 Å². The number of hydrogen-bond acceptors (Lipinski definition) is 1. The van der Waals surface area contributed by atoms with Crippen LogP contribution in [0.1, 0.15) is 18.9 Å². The van der Waals surface area contributed by atoms with Crippen LogP contribution in [-0.2, 0) is 0 Å². The molecule has 0 saturated carbocycles. The molecule has 0 bridgehead atoms. The summed E-state index contributed by atoms with van der Waals surface area (Å²) in [5.41, 5.74) is -3.97. The molecule has 5 heteroatoms. The third-order valence-corrected chi connectivity index (χ3v) is 2.59. The molecule has 0 heterocycles. The molecule has 0 radical (unpaired) electrons. The van der Waals surface area contributed by atoms with Gasteiger partial charge in [-0.15, -0.1) is 0 Å². The first-order valence-electron chi connectivity index (χ1n) is 4.46. The molecule has 0 saturated heterocycles. The molecule has 0 atom stereocenters. The predicted octanol–water partition coefficient (Wildman–Crippen LogP) is 4.71. The van der Waals surface area contributed by atoms with E-state index in [1.807, 2.05) is 6.92 Å². The van der Waals surface area contributed by atoms with Gasteiger partial charge in [-0.3, -0.25) is 0 Å². The Kier molecular flexibility index (Phi) is 4.57. The second-order valence-corrected chi connectivity index (χ2v) is 4.39. The number of benzene rings is 1. The molecule has 86 valence electrons. The Morgan fingerprint density at radius 3 is 2.62 bits per heavy atom. The van der Waals surface area contributed by atoms with E-state index in [9.17, 15) is 13.2 Å². The van der Waals surface area contributed by atoms with Crippen molar-refractivity contribution in [2.75, 3.05) is 0 Å². The van der Waals surface area contributed by atoms with Gasteiger partial charge in [0.15, 0.2) is 0 Å². The van der Waals surface area contributed by atoms with Crippen molar-refractivity contribution in [1.82, 2.24) is 0 Å². The molecule has 1 aromatic rings. The van der Waals surface area contributed by atoms with Gasteiger partial charge >= 0.3 is 5.51 Å². The van der Waals surface area contributed by atoms with Crippen LogP contribution in [0.2, 0.25) is 5.02 Å². The Morgan fingerprint density at radius 2 is 2.06 bits per heavy atom. The Balaban J connectivity index is 3.08. The van der Waals surface area contributed by atoms with Crippen LogP contribution < -0.4 is 0 Å². The predicted molar refractivity (Wildman–Crippen MR) is 60.5 cm³/mol. The average Bonchev–Trinajstić information content (AvgIpc) is 2.14. The van der Waals surface area contributed by atoms with Gasteiger partial charge in [0.05, 0.1) is 0 Å². The highest BCUT2D eigenvalue weighted by Crippen LogP contribution is 2.39. The van der Waals surface area contributed by atoms with E-state index in [-0.39, 0.29) is 21.7 Å². The summed E-state index contributed by atoms with van der Waals surface area (Å²) >= 11 is 5.46. The van der Waals surface area contributed by atoms with Gasteiger partial charge in [0.1, 0.15) is 0 Å². The minimum Gasteiger partial charge on any atom is -0.160 e. The van der Waals surface area contributed by atoms with Gasteiger partial charge in [0.25, 0.3) is 0 Å². The number of thioether (sulfide) groups is 1. The highest BCUT2D eigenvalue weighted by molar-refractivity contribution is 8.00. The smallest absolute Gasteiger partial charge is 0.160 e. The van der Waals surface area contributed by atoms with Crippen LogP contribution in [0.3, 0.4) is 0 Å². The molecule has 0 N–H and O–H groups in total. The Hall–Kier alpha value is -0.790. The van der Waals surface area contributed by atoms with E-state index < -0.39 is 5.51 Å². The summed E-state index contributed by atoms with van der Waals surface area (Å²) in [5.74, 6) is 5.42. The molecule has 0 aliphatic carbocycles. The van der Waals surface area contributed by atoms with Crippen LogP contribution >= 0.6 is 23.4 Å². The number of alkyl halides is 3. The normalized spacial score (nSPS) is 10.8. The van der Waals surface area contributed by atoms with Crippen LogP contribution in [-0.4, -0.2) is 5.51 Å². The summed E-state index contributed by atoms with van der Waals surface area (Å²) in [5, 5.41) is 0.272. The van der Waals surface area contributed by atoms with Gasteiger partial charge in [0.2, 0.25) is 0 Å². The van der Waals surface area contributed by atoms with Gasteiger partial charge in [-0.2, -0.15) is 13.2 Å². The Labute approximate surface area is 101 Å². The topological polar surface area (TPSA) is 0 Å². The maximum absolute atomic E-state index is 12.2. The largest absolute Gasteiger partial charge is 0.446 e. The van der Waals surface area contributed by atoms with E-state index in [1.54, 1.807) is 0 Å². The minimum absolute atomic E-state index is 0.0425. The minimum atomic E-state index is -4.33. The molecule has 0 spiro atoms. The summed E-state index contributed by atoms with van der Waals surface area (Å²) < 4.78 is 36.7. The molecular formula is C11H8ClF3S. The highest BCUT2D eigenvalue weighted by Gasteiger charge is 2.30. The quantitative estimate of drug-likeness (QED) is 0.523. The first-order valence-corrected chi connectivity index (χ1v) is 5.66. The fraction of sp³-hybridized carbons (Fsp3) is 0.273. The lowest BCUT2D eigenvalue weighted by Crippen LogP contribution is -2.00. The van der Waals surface area contributed by atoms with Crippen molar-refractivity contribution >= 4 is 23.4 Å². The molecule has 0 aromatic heterocycles. The standard InChI is InChI=1S/C11H8ClF3S/c1-2-3-4-8-5-6-9(12)7-10(8)16-11(13,14)15/h5-7H,2H2,1H3. The summed E-state index contributed by atoms with van der Waals surface area (Å²) in [6.07, 6.45) is 0.596. The second kappa shape index (κ2) is 5.51. The highest BCUT2D eigenvalue weighted by atomic mass is 35.5. The number of halogens is 4. The van der Waals surface area contributed by atoms with Crippen LogP contribution in [0.5, 0.6) is 0 Å². The molecule has 0 unspecified atom stereocenters. The van der Waals surface area contributed by atoms with Crippen molar-refractivity contribution in [2.24, 2.45) is 0 Å². The van der Waals surface area contributed by atoms with Gasteiger partial charge < -0.3 is 0 Å². The summed E-state index contributed by atoms with van der Waals surface area (Å²) in [4.78, 5) is 0.0425. The first-order chi connectivity index (χ1) is 7.42. The Bertz CT molecular complexity index is 429. The molecule has 0 nitrogen and oxygen atoms in total. The molecule has 16 heavy (non-hydrogen) atoms.